The number of aromatic nitrogens is 1. The molecule has 0 radical (unpaired) electrons. The summed E-state index contributed by atoms with van der Waals surface area (Å²) in [5.41, 5.74) is 6.61. The molecule has 0 fully saturated rings. The number of benzene rings is 1. The normalized spacial score (nSPS) is 10.4. The lowest BCUT2D eigenvalue weighted by Crippen LogP contribution is -1.88. The van der Waals surface area contributed by atoms with Gasteiger partial charge in [-0.2, -0.15) is 0 Å². The molecule has 0 aliphatic rings. The van der Waals surface area contributed by atoms with Crippen molar-refractivity contribution in [2.45, 2.75) is 0 Å². The van der Waals surface area contributed by atoms with E-state index >= 15 is 0 Å². The molecule has 0 amide bonds. The fourth-order valence-corrected chi connectivity index (χ4v) is 1.83. The standard InChI is InChI=1S/C9H7IN2/c10-9-7-2-1-3-8(11)6(7)4-5-12-9/h1-5H,11H2. The summed E-state index contributed by atoms with van der Waals surface area (Å²) in [5.74, 6) is 0. The van der Waals surface area contributed by atoms with Crippen LogP contribution in [-0.2, 0) is 0 Å². The van der Waals surface area contributed by atoms with E-state index in [2.05, 4.69) is 27.6 Å². The zero-order chi connectivity index (χ0) is 8.55. The zero-order valence-electron chi connectivity index (χ0n) is 6.29. The van der Waals surface area contributed by atoms with Gasteiger partial charge in [-0.05, 0) is 34.7 Å². The number of halogens is 1. The Labute approximate surface area is 83.9 Å². The van der Waals surface area contributed by atoms with Crippen molar-refractivity contribution in [3.63, 3.8) is 0 Å². The van der Waals surface area contributed by atoms with Gasteiger partial charge in [0.25, 0.3) is 0 Å². The van der Waals surface area contributed by atoms with Crippen LogP contribution >= 0.6 is 22.6 Å². The van der Waals surface area contributed by atoms with Crippen LogP contribution in [0.25, 0.3) is 10.8 Å². The minimum absolute atomic E-state index is 0.813. The number of rotatable bonds is 0. The zero-order valence-corrected chi connectivity index (χ0v) is 8.45. The molecule has 0 saturated carbocycles. The summed E-state index contributed by atoms with van der Waals surface area (Å²) in [6.45, 7) is 0. The minimum Gasteiger partial charge on any atom is -0.398 e. The monoisotopic (exact) mass is 270 g/mol. The molecule has 0 aliphatic carbocycles. The number of hydrogen-bond donors (Lipinski definition) is 1. The number of fused-ring (bicyclic) bond motifs is 1. The predicted molar refractivity (Wildman–Crippen MR) is 58.9 cm³/mol. The van der Waals surface area contributed by atoms with Crippen molar-refractivity contribution in [3.05, 3.63) is 34.2 Å². The third kappa shape index (κ3) is 1.14. The molecule has 2 nitrogen and oxygen atoms in total. The fraction of sp³-hybridized carbons (Fsp3) is 0. The molecule has 12 heavy (non-hydrogen) atoms. The molecule has 3 heteroatoms. The van der Waals surface area contributed by atoms with Crippen LogP contribution in [0.1, 0.15) is 0 Å². The van der Waals surface area contributed by atoms with Gasteiger partial charge >= 0.3 is 0 Å². The highest BCUT2D eigenvalue weighted by molar-refractivity contribution is 14.1. The van der Waals surface area contributed by atoms with E-state index in [1.54, 1.807) is 6.20 Å². The van der Waals surface area contributed by atoms with E-state index in [1.165, 1.54) is 0 Å². The summed E-state index contributed by atoms with van der Waals surface area (Å²) in [5, 5.41) is 2.20. The van der Waals surface area contributed by atoms with Crippen molar-refractivity contribution in [1.29, 1.82) is 0 Å². The first-order valence-corrected chi connectivity index (χ1v) is 4.65. The summed E-state index contributed by atoms with van der Waals surface area (Å²) in [6.07, 6.45) is 1.78. The van der Waals surface area contributed by atoms with Crippen LogP contribution < -0.4 is 5.73 Å². The smallest absolute Gasteiger partial charge is 0.109 e. The molecule has 0 spiro atoms. The van der Waals surface area contributed by atoms with Crippen LogP contribution in [0.2, 0.25) is 0 Å². The van der Waals surface area contributed by atoms with Gasteiger partial charge in [0, 0.05) is 22.7 Å². The van der Waals surface area contributed by atoms with Gasteiger partial charge in [0.2, 0.25) is 0 Å². The Hall–Kier alpha value is -0.840. The van der Waals surface area contributed by atoms with Gasteiger partial charge in [0.05, 0.1) is 0 Å². The van der Waals surface area contributed by atoms with E-state index in [0.29, 0.717) is 0 Å². The highest BCUT2D eigenvalue weighted by Crippen LogP contribution is 2.22. The van der Waals surface area contributed by atoms with E-state index in [-0.39, 0.29) is 0 Å². The molecule has 2 N–H and O–H groups in total. The van der Waals surface area contributed by atoms with Gasteiger partial charge in [-0.15, -0.1) is 0 Å². The third-order valence-electron chi connectivity index (χ3n) is 1.79. The van der Waals surface area contributed by atoms with E-state index in [1.807, 2.05) is 24.3 Å². The van der Waals surface area contributed by atoms with Gasteiger partial charge in [-0.25, -0.2) is 4.98 Å². The third-order valence-corrected chi connectivity index (χ3v) is 2.65. The number of hydrogen-bond acceptors (Lipinski definition) is 2. The first-order chi connectivity index (χ1) is 5.79. The quantitative estimate of drug-likeness (QED) is 0.453. The minimum atomic E-state index is 0.813. The topological polar surface area (TPSA) is 38.9 Å². The van der Waals surface area contributed by atoms with E-state index in [4.69, 9.17) is 5.73 Å². The molecule has 0 bridgehead atoms. The molecule has 2 aromatic rings. The molecule has 0 aliphatic heterocycles. The lowest BCUT2D eigenvalue weighted by molar-refractivity contribution is 1.31. The second-order valence-corrected chi connectivity index (χ2v) is 3.57. The van der Waals surface area contributed by atoms with Crippen molar-refractivity contribution in [1.82, 2.24) is 4.98 Å². The predicted octanol–water partition coefficient (Wildman–Crippen LogP) is 2.42. The first kappa shape index (κ1) is 7.79. The molecule has 2 rings (SSSR count). The van der Waals surface area contributed by atoms with Crippen LogP contribution in [0.3, 0.4) is 0 Å². The maximum absolute atomic E-state index is 5.79. The Morgan fingerprint density at radius 2 is 2.00 bits per heavy atom. The van der Waals surface area contributed by atoms with Crippen molar-refractivity contribution in [3.8, 4) is 0 Å². The Morgan fingerprint density at radius 1 is 1.17 bits per heavy atom. The van der Waals surface area contributed by atoms with Gasteiger partial charge in [-0.1, -0.05) is 12.1 Å². The molecule has 60 valence electrons. The SMILES string of the molecule is Nc1cccc2c(I)nccc12. The summed E-state index contributed by atoms with van der Waals surface area (Å²) in [4.78, 5) is 4.18. The Kier molecular flexibility index (Phi) is 1.88. The largest absolute Gasteiger partial charge is 0.398 e. The summed E-state index contributed by atoms with van der Waals surface area (Å²) in [7, 11) is 0. The number of nitrogen functional groups attached to an aromatic ring is 1. The highest BCUT2D eigenvalue weighted by Gasteiger charge is 1.99. The second-order valence-electron chi connectivity index (χ2n) is 2.54. The average molecular weight is 270 g/mol. The van der Waals surface area contributed by atoms with E-state index < -0.39 is 0 Å². The maximum Gasteiger partial charge on any atom is 0.109 e. The van der Waals surface area contributed by atoms with Gasteiger partial charge in [0.15, 0.2) is 0 Å². The molecule has 1 aromatic heterocycles. The molecule has 1 aromatic carbocycles. The number of nitrogens with two attached hydrogens (primary N) is 1. The number of pyridine rings is 1. The van der Waals surface area contributed by atoms with Crippen molar-refractivity contribution in [2.24, 2.45) is 0 Å². The fourth-order valence-electron chi connectivity index (χ4n) is 1.20. The lowest BCUT2D eigenvalue weighted by atomic mass is 10.1. The Morgan fingerprint density at radius 3 is 2.75 bits per heavy atom. The number of nitrogens with zero attached hydrogens (tertiary/aromatic N) is 1. The number of anilines is 1. The summed E-state index contributed by atoms with van der Waals surface area (Å²) in [6, 6.07) is 7.81. The first-order valence-electron chi connectivity index (χ1n) is 3.58. The molecular formula is C9H7IN2. The van der Waals surface area contributed by atoms with Crippen molar-refractivity contribution >= 4 is 39.1 Å². The van der Waals surface area contributed by atoms with Crippen LogP contribution in [0.15, 0.2) is 30.5 Å². The van der Waals surface area contributed by atoms with Crippen LogP contribution in [0.4, 0.5) is 5.69 Å². The van der Waals surface area contributed by atoms with Gasteiger partial charge < -0.3 is 5.73 Å². The van der Waals surface area contributed by atoms with E-state index in [9.17, 15) is 0 Å². The molecule has 0 atom stereocenters. The Bertz CT molecular complexity index is 385. The van der Waals surface area contributed by atoms with Crippen molar-refractivity contribution < 1.29 is 0 Å². The molecule has 1 heterocycles. The van der Waals surface area contributed by atoms with Gasteiger partial charge in [0.1, 0.15) is 3.70 Å². The van der Waals surface area contributed by atoms with Crippen LogP contribution in [-0.4, -0.2) is 4.98 Å². The lowest BCUT2D eigenvalue weighted by Gasteiger charge is -2.01. The molecular weight excluding hydrogens is 263 g/mol. The maximum atomic E-state index is 5.79. The highest BCUT2D eigenvalue weighted by atomic mass is 127. The van der Waals surface area contributed by atoms with Crippen LogP contribution in [0.5, 0.6) is 0 Å². The van der Waals surface area contributed by atoms with Crippen molar-refractivity contribution in [2.75, 3.05) is 5.73 Å². The summed E-state index contributed by atoms with van der Waals surface area (Å²) < 4.78 is 0.998. The summed E-state index contributed by atoms with van der Waals surface area (Å²) >= 11 is 2.21. The van der Waals surface area contributed by atoms with E-state index in [0.717, 1.165) is 20.2 Å². The average Bonchev–Trinajstić information content (AvgIpc) is 2.07. The second kappa shape index (κ2) is 2.90. The van der Waals surface area contributed by atoms with Crippen LogP contribution in [0, 0.1) is 3.70 Å². The molecule has 0 saturated heterocycles. The van der Waals surface area contributed by atoms with Gasteiger partial charge in [-0.3, -0.25) is 0 Å². The Balaban J connectivity index is 2.94. The molecule has 0 unspecified atom stereocenters.